The van der Waals surface area contributed by atoms with E-state index in [4.69, 9.17) is 0 Å². The van der Waals surface area contributed by atoms with Gasteiger partial charge < -0.3 is 15.3 Å². The molecule has 2 N–H and O–H groups in total. The summed E-state index contributed by atoms with van der Waals surface area (Å²) in [4.78, 5) is 28.1. The van der Waals surface area contributed by atoms with Crippen LogP contribution in [0.15, 0.2) is 18.2 Å². The normalized spacial score (nSPS) is 19.9. The third kappa shape index (κ3) is 3.71. The molecule has 2 amide bonds. The first-order valence-electron chi connectivity index (χ1n) is 8.15. The molecule has 2 heterocycles. The van der Waals surface area contributed by atoms with Gasteiger partial charge in [-0.05, 0) is 37.1 Å². The Kier molecular flexibility index (Phi) is 4.63. The van der Waals surface area contributed by atoms with Crippen LogP contribution in [0.1, 0.15) is 29.3 Å². The van der Waals surface area contributed by atoms with Gasteiger partial charge in [-0.1, -0.05) is 0 Å². The lowest BCUT2D eigenvalue weighted by atomic mass is 10.00. The van der Waals surface area contributed by atoms with Crippen LogP contribution in [0.25, 0.3) is 0 Å². The van der Waals surface area contributed by atoms with E-state index in [1.165, 1.54) is 0 Å². The molecular formula is C17H23N3O3. The van der Waals surface area contributed by atoms with Crippen LogP contribution in [0.2, 0.25) is 0 Å². The highest BCUT2D eigenvalue weighted by Gasteiger charge is 2.24. The molecular weight excluding hydrogens is 294 g/mol. The van der Waals surface area contributed by atoms with Gasteiger partial charge in [-0.3, -0.25) is 14.5 Å². The van der Waals surface area contributed by atoms with E-state index >= 15 is 0 Å². The molecule has 0 aromatic heterocycles. The molecule has 0 bridgehead atoms. The number of aliphatic hydroxyl groups is 1. The number of carbonyl (C=O) groups excluding carboxylic acids is 2. The number of hydrogen-bond acceptors (Lipinski definition) is 4. The molecule has 0 saturated carbocycles. The number of carbonyl (C=O) groups is 2. The molecule has 1 fully saturated rings. The second-order valence-corrected chi connectivity index (χ2v) is 6.36. The lowest BCUT2D eigenvalue weighted by Crippen LogP contribution is -2.50. The standard InChI is InChI=1S/C17H23N3O3/c1-12(21)11-19-6-8-20(9-7-19)17(23)14-2-4-15-13(10-14)3-5-16(22)18-15/h2,4,10,12,21H,3,5-9,11H2,1H3,(H,18,22). The van der Waals surface area contributed by atoms with Gasteiger partial charge in [0.1, 0.15) is 0 Å². The third-order valence-electron chi connectivity index (χ3n) is 4.43. The molecule has 3 rings (SSSR count). The molecule has 124 valence electrons. The number of hydrogen-bond donors (Lipinski definition) is 2. The molecule has 2 aliphatic rings. The molecule has 1 aromatic rings. The number of nitrogens with one attached hydrogen (secondary N) is 1. The van der Waals surface area contributed by atoms with Crippen molar-refractivity contribution in [2.24, 2.45) is 0 Å². The van der Waals surface area contributed by atoms with Crippen LogP contribution < -0.4 is 5.32 Å². The number of piperazine rings is 1. The minimum atomic E-state index is -0.340. The van der Waals surface area contributed by atoms with Crippen molar-refractivity contribution in [3.05, 3.63) is 29.3 Å². The highest BCUT2D eigenvalue weighted by Crippen LogP contribution is 2.24. The molecule has 0 aliphatic carbocycles. The molecule has 1 saturated heterocycles. The first kappa shape index (κ1) is 16.0. The van der Waals surface area contributed by atoms with Gasteiger partial charge in [0, 0.05) is 50.4 Å². The molecule has 1 atom stereocenters. The van der Waals surface area contributed by atoms with Crippen molar-refractivity contribution in [3.8, 4) is 0 Å². The fourth-order valence-corrected chi connectivity index (χ4v) is 3.21. The first-order valence-corrected chi connectivity index (χ1v) is 8.15. The van der Waals surface area contributed by atoms with Crippen LogP contribution in [0.5, 0.6) is 0 Å². The van der Waals surface area contributed by atoms with Crippen LogP contribution in [-0.4, -0.2) is 65.5 Å². The SMILES string of the molecule is CC(O)CN1CCN(C(=O)c2ccc3c(c2)CCC(=O)N3)CC1. The zero-order valence-corrected chi connectivity index (χ0v) is 13.4. The number of nitrogens with zero attached hydrogens (tertiary/aromatic N) is 2. The van der Waals surface area contributed by atoms with Crippen molar-refractivity contribution in [2.45, 2.75) is 25.9 Å². The van der Waals surface area contributed by atoms with Crippen molar-refractivity contribution < 1.29 is 14.7 Å². The number of aliphatic hydroxyl groups excluding tert-OH is 1. The minimum Gasteiger partial charge on any atom is -0.392 e. The predicted molar refractivity (Wildman–Crippen MR) is 87.4 cm³/mol. The summed E-state index contributed by atoms with van der Waals surface area (Å²) in [6.07, 6.45) is 0.820. The van der Waals surface area contributed by atoms with Crippen molar-refractivity contribution in [1.82, 2.24) is 9.80 Å². The second-order valence-electron chi connectivity index (χ2n) is 6.36. The van der Waals surface area contributed by atoms with Gasteiger partial charge in [0.15, 0.2) is 0 Å². The van der Waals surface area contributed by atoms with Crippen LogP contribution in [0.4, 0.5) is 5.69 Å². The van der Waals surface area contributed by atoms with Crippen LogP contribution in [0, 0.1) is 0 Å². The number of β-amino-alcohol motifs (C(OH)–C–C–N with tert-alkyl or cyclic N) is 1. The Labute approximate surface area is 136 Å². The molecule has 1 aromatic carbocycles. The van der Waals surface area contributed by atoms with Gasteiger partial charge in [-0.2, -0.15) is 0 Å². The smallest absolute Gasteiger partial charge is 0.253 e. The lowest BCUT2D eigenvalue weighted by Gasteiger charge is -2.35. The van der Waals surface area contributed by atoms with Gasteiger partial charge in [-0.25, -0.2) is 0 Å². The molecule has 6 heteroatoms. The van der Waals surface area contributed by atoms with Crippen LogP contribution >= 0.6 is 0 Å². The van der Waals surface area contributed by atoms with E-state index in [1.54, 1.807) is 13.0 Å². The maximum atomic E-state index is 12.6. The molecule has 0 radical (unpaired) electrons. The Balaban J connectivity index is 1.64. The Morgan fingerprint density at radius 3 is 2.70 bits per heavy atom. The highest BCUT2D eigenvalue weighted by molar-refractivity contribution is 5.98. The number of amides is 2. The van der Waals surface area contributed by atoms with Crippen LogP contribution in [0.3, 0.4) is 0 Å². The van der Waals surface area contributed by atoms with Gasteiger partial charge in [0.2, 0.25) is 5.91 Å². The number of aryl methyl sites for hydroxylation is 1. The Hall–Kier alpha value is -1.92. The van der Waals surface area contributed by atoms with Crippen LogP contribution in [-0.2, 0) is 11.2 Å². The first-order chi connectivity index (χ1) is 11.0. The summed E-state index contributed by atoms with van der Waals surface area (Å²) in [7, 11) is 0. The monoisotopic (exact) mass is 317 g/mol. The maximum Gasteiger partial charge on any atom is 0.253 e. The van der Waals surface area contributed by atoms with Crippen molar-refractivity contribution in [2.75, 3.05) is 38.0 Å². The Bertz CT molecular complexity index is 607. The second kappa shape index (κ2) is 6.68. The molecule has 2 aliphatic heterocycles. The topological polar surface area (TPSA) is 72.9 Å². The van der Waals surface area contributed by atoms with E-state index in [-0.39, 0.29) is 17.9 Å². The largest absolute Gasteiger partial charge is 0.392 e. The summed E-state index contributed by atoms with van der Waals surface area (Å²) >= 11 is 0. The minimum absolute atomic E-state index is 0.0332. The third-order valence-corrected chi connectivity index (χ3v) is 4.43. The summed E-state index contributed by atoms with van der Waals surface area (Å²) in [6.45, 7) is 5.37. The van der Waals surface area contributed by atoms with E-state index in [9.17, 15) is 14.7 Å². The molecule has 1 unspecified atom stereocenters. The van der Waals surface area contributed by atoms with Gasteiger partial charge in [0.25, 0.3) is 5.91 Å². The summed E-state index contributed by atoms with van der Waals surface area (Å²) in [5.41, 5.74) is 2.53. The van der Waals surface area contributed by atoms with Crippen molar-refractivity contribution >= 4 is 17.5 Å². The summed E-state index contributed by atoms with van der Waals surface area (Å²) in [5.74, 6) is 0.0761. The summed E-state index contributed by atoms with van der Waals surface area (Å²) in [6, 6.07) is 5.51. The highest BCUT2D eigenvalue weighted by atomic mass is 16.3. The Morgan fingerprint density at radius 2 is 2.00 bits per heavy atom. The molecule has 23 heavy (non-hydrogen) atoms. The van der Waals surface area contributed by atoms with E-state index in [0.717, 1.165) is 24.3 Å². The zero-order valence-electron chi connectivity index (χ0n) is 13.4. The summed E-state index contributed by atoms with van der Waals surface area (Å²) < 4.78 is 0. The molecule has 6 nitrogen and oxygen atoms in total. The van der Waals surface area contributed by atoms with E-state index in [1.807, 2.05) is 17.0 Å². The average Bonchev–Trinajstić information content (AvgIpc) is 2.54. The summed E-state index contributed by atoms with van der Waals surface area (Å²) in [5, 5.41) is 12.3. The predicted octanol–water partition coefficient (Wildman–Crippen LogP) is 0.710. The van der Waals surface area contributed by atoms with Gasteiger partial charge in [-0.15, -0.1) is 0 Å². The number of anilines is 1. The van der Waals surface area contributed by atoms with E-state index in [0.29, 0.717) is 38.0 Å². The fraction of sp³-hybridized carbons (Fsp3) is 0.529. The Morgan fingerprint density at radius 1 is 1.26 bits per heavy atom. The lowest BCUT2D eigenvalue weighted by molar-refractivity contribution is -0.116. The van der Waals surface area contributed by atoms with E-state index in [2.05, 4.69) is 10.2 Å². The van der Waals surface area contributed by atoms with Gasteiger partial charge in [0.05, 0.1) is 6.10 Å². The average molecular weight is 317 g/mol. The maximum absolute atomic E-state index is 12.6. The van der Waals surface area contributed by atoms with Gasteiger partial charge >= 0.3 is 0 Å². The fourth-order valence-electron chi connectivity index (χ4n) is 3.21. The quantitative estimate of drug-likeness (QED) is 0.861. The molecule has 0 spiro atoms. The van der Waals surface area contributed by atoms with Crippen molar-refractivity contribution in [1.29, 1.82) is 0 Å². The van der Waals surface area contributed by atoms with Crippen molar-refractivity contribution in [3.63, 3.8) is 0 Å². The number of benzene rings is 1. The number of rotatable bonds is 3. The van der Waals surface area contributed by atoms with E-state index < -0.39 is 0 Å². The zero-order chi connectivity index (χ0) is 16.4. The number of fused-ring (bicyclic) bond motifs is 1.